The number of carbonyl (C=O) groups excluding carboxylic acids is 1. The molecule has 8 nitrogen and oxygen atoms in total. The molecule has 2 heterocycles. The number of nitrogens with zero attached hydrogens (tertiary/aromatic N) is 4. The second-order valence-electron chi connectivity index (χ2n) is 5.18. The maximum Gasteiger partial charge on any atom is 0.287 e. The Balaban J connectivity index is 1.80. The molecule has 0 bridgehead atoms. The molecular formula is C11H20N6O2. The fraction of sp³-hybridized carbons (Fsp3) is 0.727. The van der Waals surface area contributed by atoms with E-state index in [-0.39, 0.29) is 5.69 Å². The van der Waals surface area contributed by atoms with Crippen LogP contribution >= 0.6 is 0 Å². The predicted octanol–water partition coefficient (Wildman–Crippen LogP) is -1.27. The molecule has 0 spiro atoms. The van der Waals surface area contributed by atoms with Gasteiger partial charge in [-0.15, -0.1) is 5.10 Å². The molecule has 4 N–H and O–H groups in total. The average Bonchev–Trinajstić information content (AvgIpc) is 2.85. The Morgan fingerprint density at radius 3 is 2.84 bits per heavy atom. The summed E-state index contributed by atoms with van der Waals surface area (Å²) in [6, 6.07) is 0. The number of amides is 1. The number of aliphatic hydroxyl groups is 1. The summed E-state index contributed by atoms with van der Waals surface area (Å²) in [6.07, 6.45) is 3.14. The van der Waals surface area contributed by atoms with E-state index in [0.717, 1.165) is 32.5 Å². The van der Waals surface area contributed by atoms with E-state index in [1.807, 2.05) is 12.3 Å². The summed E-state index contributed by atoms with van der Waals surface area (Å²) in [6.45, 7) is 5.10. The lowest BCUT2D eigenvalue weighted by Crippen LogP contribution is -2.43. The molecule has 8 heteroatoms. The largest absolute Gasteiger partial charge is 0.390 e. The van der Waals surface area contributed by atoms with Crippen molar-refractivity contribution < 1.29 is 9.90 Å². The number of nitrogens with two attached hydrogens (primary N) is 1. The third kappa shape index (κ3) is 3.72. The lowest BCUT2D eigenvalue weighted by molar-refractivity contribution is -0.00611. The summed E-state index contributed by atoms with van der Waals surface area (Å²) in [7, 11) is 0. The van der Waals surface area contributed by atoms with Crippen LogP contribution < -0.4 is 11.3 Å². The van der Waals surface area contributed by atoms with Crippen LogP contribution in [0.4, 0.5) is 0 Å². The summed E-state index contributed by atoms with van der Waals surface area (Å²) in [5, 5.41) is 17.5. The van der Waals surface area contributed by atoms with Crippen LogP contribution in [0.5, 0.6) is 0 Å². The number of aromatic nitrogens is 3. The van der Waals surface area contributed by atoms with Gasteiger partial charge in [-0.2, -0.15) is 0 Å². The zero-order valence-electron chi connectivity index (χ0n) is 11.0. The molecule has 1 aromatic rings. The van der Waals surface area contributed by atoms with Crippen molar-refractivity contribution in [2.24, 2.45) is 5.84 Å². The molecule has 2 rings (SSSR count). The monoisotopic (exact) mass is 268 g/mol. The Hall–Kier alpha value is -1.51. The Kier molecular flexibility index (Phi) is 4.13. The number of likely N-dealkylation sites (tertiary alicyclic amines) is 1. The quantitative estimate of drug-likeness (QED) is 0.357. The van der Waals surface area contributed by atoms with Gasteiger partial charge in [0.05, 0.1) is 18.3 Å². The first-order valence-corrected chi connectivity index (χ1v) is 6.36. The summed E-state index contributed by atoms with van der Waals surface area (Å²) < 4.78 is 1.62. The van der Waals surface area contributed by atoms with E-state index in [4.69, 9.17) is 5.84 Å². The van der Waals surface area contributed by atoms with Crippen molar-refractivity contribution in [3.8, 4) is 0 Å². The molecule has 1 aromatic heterocycles. The van der Waals surface area contributed by atoms with Crippen molar-refractivity contribution in [1.29, 1.82) is 0 Å². The van der Waals surface area contributed by atoms with Gasteiger partial charge in [-0.1, -0.05) is 5.21 Å². The van der Waals surface area contributed by atoms with Crippen molar-refractivity contribution in [2.75, 3.05) is 19.6 Å². The summed E-state index contributed by atoms with van der Waals surface area (Å²) in [5.41, 5.74) is 1.70. The molecule has 0 aliphatic carbocycles. The van der Waals surface area contributed by atoms with Crippen LogP contribution in [0.15, 0.2) is 6.20 Å². The molecule has 106 valence electrons. The molecule has 0 radical (unpaired) electrons. The van der Waals surface area contributed by atoms with Gasteiger partial charge in [-0.25, -0.2) is 5.84 Å². The van der Waals surface area contributed by atoms with Crippen LogP contribution in [-0.4, -0.2) is 56.1 Å². The van der Waals surface area contributed by atoms with Crippen molar-refractivity contribution in [2.45, 2.75) is 31.9 Å². The maximum atomic E-state index is 11.2. The zero-order chi connectivity index (χ0) is 13.9. The van der Waals surface area contributed by atoms with Gasteiger partial charge in [0.1, 0.15) is 0 Å². The summed E-state index contributed by atoms with van der Waals surface area (Å²) >= 11 is 0. The van der Waals surface area contributed by atoms with Crippen LogP contribution in [-0.2, 0) is 6.54 Å². The SMILES string of the molecule is CC1(O)CCN(CCn2cc(C(=O)NN)nn2)CC1. The number of piperidine rings is 1. The first-order valence-electron chi connectivity index (χ1n) is 6.36. The van der Waals surface area contributed by atoms with Gasteiger partial charge in [0.25, 0.3) is 5.91 Å². The molecule has 0 aromatic carbocycles. The highest BCUT2D eigenvalue weighted by Crippen LogP contribution is 2.20. The highest BCUT2D eigenvalue weighted by atomic mass is 16.3. The number of rotatable bonds is 4. The van der Waals surface area contributed by atoms with Gasteiger partial charge in [0.2, 0.25) is 0 Å². The lowest BCUT2D eigenvalue weighted by atomic mass is 9.94. The molecule has 0 saturated carbocycles. The van der Waals surface area contributed by atoms with Crippen LogP contribution in [0, 0.1) is 0 Å². The number of hydrazine groups is 1. The molecule has 0 unspecified atom stereocenters. The van der Waals surface area contributed by atoms with Gasteiger partial charge >= 0.3 is 0 Å². The average molecular weight is 268 g/mol. The van der Waals surface area contributed by atoms with E-state index >= 15 is 0 Å². The number of carbonyl (C=O) groups is 1. The van der Waals surface area contributed by atoms with Gasteiger partial charge < -0.3 is 10.0 Å². The minimum Gasteiger partial charge on any atom is -0.390 e. The smallest absolute Gasteiger partial charge is 0.287 e. The highest BCUT2D eigenvalue weighted by Gasteiger charge is 2.26. The van der Waals surface area contributed by atoms with Gasteiger partial charge in [-0.05, 0) is 19.8 Å². The zero-order valence-corrected chi connectivity index (χ0v) is 11.0. The molecule has 0 atom stereocenters. The third-order valence-electron chi connectivity index (χ3n) is 3.48. The molecule has 1 aliphatic rings. The molecule has 1 aliphatic heterocycles. The fourth-order valence-corrected chi connectivity index (χ4v) is 2.09. The molecule has 1 fully saturated rings. The van der Waals surface area contributed by atoms with E-state index in [9.17, 15) is 9.90 Å². The summed E-state index contributed by atoms with van der Waals surface area (Å²) in [4.78, 5) is 13.5. The van der Waals surface area contributed by atoms with E-state index in [1.54, 1.807) is 10.9 Å². The normalized spacial score (nSPS) is 19.3. The summed E-state index contributed by atoms with van der Waals surface area (Å²) in [5.74, 6) is 4.58. The highest BCUT2D eigenvalue weighted by molar-refractivity contribution is 5.91. The minimum absolute atomic E-state index is 0.212. The van der Waals surface area contributed by atoms with Gasteiger partial charge in [0, 0.05) is 19.6 Å². The van der Waals surface area contributed by atoms with E-state index < -0.39 is 11.5 Å². The van der Waals surface area contributed by atoms with Crippen LogP contribution in [0.25, 0.3) is 0 Å². The third-order valence-corrected chi connectivity index (χ3v) is 3.48. The van der Waals surface area contributed by atoms with E-state index in [1.165, 1.54) is 0 Å². The maximum absolute atomic E-state index is 11.2. The number of nitrogens with one attached hydrogen (secondary N) is 1. The van der Waals surface area contributed by atoms with Gasteiger partial charge in [0.15, 0.2) is 5.69 Å². The number of nitrogen functional groups attached to an aromatic ring is 1. The standard InChI is InChI=1S/C11H20N6O2/c1-11(19)2-4-16(5-3-11)6-7-17-8-9(14-15-17)10(18)13-12/h8,19H,2-7,12H2,1H3,(H,13,18). The second kappa shape index (κ2) is 5.64. The lowest BCUT2D eigenvalue weighted by Gasteiger charge is -2.35. The first kappa shape index (κ1) is 13.9. The predicted molar refractivity (Wildman–Crippen MR) is 68.0 cm³/mol. The number of hydrogen-bond acceptors (Lipinski definition) is 6. The molecular weight excluding hydrogens is 248 g/mol. The Morgan fingerprint density at radius 2 is 2.21 bits per heavy atom. The second-order valence-corrected chi connectivity index (χ2v) is 5.18. The van der Waals surface area contributed by atoms with Crippen LogP contribution in [0.1, 0.15) is 30.3 Å². The Labute approximate surface area is 111 Å². The minimum atomic E-state index is -0.532. The topological polar surface area (TPSA) is 109 Å². The van der Waals surface area contributed by atoms with Crippen LogP contribution in [0.3, 0.4) is 0 Å². The number of hydrogen-bond donors (Lipinski definition) is 3. The van der Waals surface area contributed by atoms with Crippen molar-refractivity contribution in [3.05, 3.63) is 11.9 Å². The first-order chi connectivity index (χ1) is 9.00. The van der Waals surface area contributed by atoms with E-state index in [2.05, 4.69) is 15.2 Å². The van der Waals surface area contributed by atoms with Crippen molar-refractivity contribution in [1.82, 2.24) is 25.3 Å². The Morgan fingerprint density at radius 1 is 1.53 bits per heavy atom. The van der Waals surface area contributed by atoms with E-state index in [0.29, 0.717) is 6.54 Å². The molecule has 1 saturated heterocycles. The molecule has 19 heavy (non-hydrogen) atoms. The van der Waals surface area contributed by atoms with Gasteiger partial charge in [-0.3, -0.25) is 14.9 Å². The van der Waals surface area contributed by atoms with Crippen LogP contribution in [0.2, 0.25) is 0 Å². The fourth-order valence-electron chi connectivity index (χ4n) is 2.09. The van der Waals surface area contributed by atoms with Crippen molar-refractivity contribution in [3.63, 3.8) is 0 Å². The van der Waals surface area contributed by atoms with Crippen molar-refractivity contribution >= 4 is 5.91 Å². The molecule has 1 amide bonds. The Bertz CT molecular complexity index is 434.